The predicted molar refractivity (Wildman–Crippen MR) is 61.6 cm³/mol. The minimum atomic E-state index is -0.486. The predicted octanol–water partition coefficient (Wildman–Crippen LogP) is 0.768. The number of rotatable bonds is 2. The number of hydrogen-bond acceptors (Lipinski definition) is 4. The molecule has 2 rings (SSSR count). The van der Waals surface area contributed by atoms with Crippen LogP contribution in [0.25, 0.3) is 0 Å². The van der Waals surface area contributed by atoms with Gasteiger partial charge in [0, 0.05) is 36.8 Å². The van der Waals surface area contributed by atoms with Gasteiger partial charge in [-0.15, -0.1) is 0 Å². The molecular formula is C11H13N3O3. The van der Waals surface area contributed by atoms with Crippen LogP contribution in [0.4, 0.5) is 5.69 Å². The van der Waals surface area contributed by atoms with Crippen molar-refractivity contribution in [3.8, 4) is 0 Å². The van der Waals surface area contributed by atoms with E-state index in [0.717, 1.165) is 6.42 Å². The highest BCUT2D eigenvalue weighted by molar-refractivity contribution is 5.94. The minimum absolute atomic E-state index is 0.0142. The molecule has 0 aliphatic carbocycles. The van der Waals surface area contributed by atoms with Gasteiger partial charge in [0.2, 0.25) is 0 Å². The number of nitrogens with zero attached hydrogens (tertiary/aromatic N) is 2. The summed E-state index contributed by atoms with van der Waals surface area (Å²) >= 11 is 0. The van der Waals surface area contributed by atoms with Gasteiger partial charge in [0.1, 0.15) is 0 Å². The highest BCUT2D eigenvalue weighted by Gasteiger charge is 2.24. The van der Waals surface area contributed by atoms with Crippen LogP contribution in [-0.4, -0.2) is 34.9 Å². The van der Waals surface area contributed by atoms with Crippen molar-refractivity contribution >= 4 is 11.6 Å². The zero-order chi connectivity index (χ0) is 12.4. The molecule has 1 saturated heterocycles. The third kappa shape index (κ3) is 2.42. The molecule has 1 atom stereocenters. The van der Waals surface area contributed by atoms with E-state index in [4.69, 9.17) is 5.73 Å². The Morgan fingerprint density at radius 3 is 2.53 bits per heavy atom. The molecule has 0 saturated carbocycles. The van der Waals surface area contributed by atoms with Gasteiger partial charge < -0.3 is 10.6 Å². The van der Waals surface area contributed by atoms with Crippen molar-refractivity contribution in [3.05, 3.63) is 39.9 Å². The lowest BCUT2D eigenvalue weighted by atomic mass is 10.2. The van der Waals surface area contributed by atoms with Crippen LogP contribution in [0.5, 0.6) is 0 Å². The Labute approximate surface area is 98.2 Å². The quantitative estimate of drug-likeness (QED) is 0.605. The molecule has 17 heavy (non-hydrogen) atoms. The second-order valence-electron chi connectivity index (χ2n) is 4.10. The molecule has 0 bridgehead atoms. The Morgan fingerprint density at radius 2 is 2.06 bits per heavy atom. The molecule has 0 spiro atoms. The van der Waals surface area contributed by atoms with Gasteiger partial charge in [0.15, 0.2) is 0 Å². The van der Waals surface area contributed by atoms with Crippen LogP contribution >= 0.6 is 0 Å². The molecule has 6 nitrogen and oxygen atoms in total. The molecule has 1 heterocycles. The van der Waals surface area contributed by atoms with Crippen molar-refractivity contribution in [1.29, 1.82) is 0 Å². The van der Waals surface area contributed by atoms with Crippen LogP contribution in [0.2, 0.25) is 0 Å². The Kier molecular flexibility index (Phi) is 3.06. The number of hydrogen-bond donors (Lipinski definition) is 1. The zero-order valence-electron chi connectivity index (χ0n) is 9.20. The van der Waals surface area contributed by atoms with Crippen LogP contribution in [0.3, 0.4) is 0 Å². The lowest BCUT2D eigenvalue weighted by molar-refractivity contribution is -0.384. The monoisotopic (exact) mass is 235 g/mol. The second-order valence-corrected chi connectivity index (χ2v) is 4.10. The second kappa shape index (κ2) is 4.50. The average molecular weight is 235 g/mol. The molecule has 2 N–H and O–H groups in total. The number of likely N-dealkylation sites (tertiary alicyclic amines) is 1. The summed E-state index contributed by atoms with van der Waals surface area (Å²) in [5, 5.41) is 10.5. The normalized spacial score (nSPS) is 19.4. The number of nitro groups is 1. The molecule has 1 amide bonds. The van der Waals surface area contributed by atoms with Gasteiger partial charge in [0.05, 0.1) is 4.92 Å². The Hall–Kier alpha value is -1.95. The van der Waals surface area contributed by atoms with Crippen LogP contribution in [-0.2, 0) is 0 Å². The van der Waals surface area contributed by atoms with E-state index in [1.54, 1.807) is 4.90 Å². The minimum Gasteiger partial charge on any atom is -0.337 e. The first-order chi connectivity index (χ1) is 8.08. The molecule has 0 unspecified atom stereocenters. The van der Waals surface area contributed by atoms with Crippen molar-refractivity contribution in [1.82, 2.24) is 4.90 Å². The van der Waals surface area contributed by atoms with Crippen molar-refractivity contribution in [2.75, 3.05) is 13.1 Å². The molecule has 1 aliphatic rings. The number of nitro benzene ring substituents is 1. The van der Waals surface area contributed by atoms with E-state index in [0.29, 0.717) is 18.7 Å². The summed E-state index contributed by atoms with van der Waals surface area (Å²) in [5.74, 6) is -0.118. The van der Waals surface area contributed by atoms with Crippen LogP contribution in [0, 0.1) is 10.1 Å². The smallest absolute Gasteiger partial charge is 0.269 e. The topological polar surface area (TPSA) is 89.5 Å². The van der Waals surface area contributed by atoms with E-state index < -0.39 is 4.92 Å². The molecular weight excluding hydrogens is 222 g/mol. The van der Waals surface area contributed by atoms with Gasteiger partial charge in [-0.25, -0.2) is 0 Å². The van der Waals surface area contributed by atoms with Crippen LogP contribution < -0.4 is 5.73 Å². The lowest BCUT2D eigenvalue weighted by Gasteiger charge is -2.15. The first kappa shape index (κ1) is 11.5. The molecule has 0 aromatic heterocycles. The molecule has 1 fully saturated rings. The molecule has 1 aromatic rings. The van der Waals surface area contributed by atoms with E-state index >= 15 is 0 Å². The third-order valence-corrected chi connectivity index (χ3v) is 2.84. The van der Waals surface area contributed by atoms with Crippen molar-refractivity contribution < 1.29 is 9.72 Å². The van der Waals surface area contributed by atoms with E-state index in [9.17, 15) is 14.9 Å². The van der Waals surface area contributed by atoms with E-state index in [-0.39, 0.29) is 17.6 Å². The fourth-order valence-electron chi connectivity index (χ4n) is 1.88. The summed E-state index contributed by atoms with van der Waals surface area (Å²) in [6.45, 7) is 1.20. The number of nitrogens with two attached hydrogens (primary N) is 1. The number of benzene rings is 1. The van der Waals surface area contributed by atoms with Gasteiger partial charge in [-0.3, -0.25) is 14.9 Å². The molecule has 1 aromatic carbocycles. The summed E-state index contributed by atoms with van der Waals surface area (Å²) < 4.78 is 0. The van der Waals surface area contributed by atoms with Gasteiger partial charge in [-0.2, -0.15) is 0 Å². The standard InChI is InChI=1S/C11H13N3O3/c12-9-5-6-13(7-9)11(15)8-1-3-10(4-2-8)14(16)17/h1-4,9H,5-7,12H2/t9-/m1/s1. The highest BCUT2D eigenvalue weighted by atomic mass is 16.6. The number of carbonyl (C=O) groups excluding carboxylic acids is 1. The maximum absolute atomic E-state index is 12.0. The zero-order valence-corrected chi connectivity index (χ0v) is 9.20. The first-order valence-electron chi connectivity index (χ1n) is 5.37. The average Bonchev–Trinajstić information content (AvgIpc) is 2.75. The van der Waals surface area contributed by atoms with E-state index in [1.807, 2.05) is 0 Å². The summed E-state index contributed by atoms with van der Waals surface area (Å²) in [6, 6.07) is 5.66. The molecule has 0 radical (unpaired) electrons. The van der Waals surface area contributed by atoms with Crippen molar-refractivity contribution in [2.24, 2.45) is 5.73 Å². The Bertz CT molecular complexity index is 444. The van der Waals surface area contributed by atoms with Crippen molar-refractivity contribution in [2.45, 2.75) is 12.5 Å². The van der Waals surface area contributed by atoms with Gasteiger partial charge >= 0.3 is 0 Å². The summed E-state index contributed by atoms with van der Waals surface area (Å²) in [4.78, 5) is 23.6. The molecule has 6 heteroatoms. The fraction of sp³-hybridized carbons (Fsp3) is 0.364. The highest BCUT2D eigenvalue weighted by Crippen LogP contribution is 2.16. The summed E-state index contributed by atoms with van der Waals surface area (Å²) in [6.07, 6.45) is 0.804. The first-order valence-corrected chi connectivity index (χ1v) is 5.37. The lowest BCUT2D eigenvalue weighted by Crippen LogP contribution is -2.31. The van der Waals surface area contributed by atoms with Crippen LogP contribution in [0.15, 0.2) is 24.3 Å². The van der Waals surface area contributed by atoms with Crippen molar-refractivity contribution in [3.63, 3.8) is 0 Å². The SMILES string of the molecule is N[C@@H]1CCN(C(=O)c2ccc([N+](=O)[O-])cc2)C1. The Morgan fingerprint density at radius 1 is 1.41 bits per heavy atom. The van der Waals surface area contributed by atoms with Gasteiger partial charge in [0.25, 0.3) is 11.6 Å². The Balaban J connectivity index is 2.12. The van der Waals surface area contributed by atoms with Crippen LogP contribution in [0.1, 0.15) is 16.8 Å². The maximum Gasteiger partial charge on any atom is 0.269 e. The largest absolute Gasteiger partial charge is 0.337 e. The number of non-ortho nitro benzene ring substituents is 1. The van der Waals surface area contributed by atoms with E-state index in [1.165, 1.54) is 24.3 Å². The number of amides is 1. The number of carbonyl (C=O) groups is 1. The fourth-order valence-corrected chi connectivity index (χ4v) is 1.88. The maximum atomic E-state index is 12.0. The third-order valence-electron chi connectivity index (χ3n) is 2.84. The van der Waals surface area contributed by atoms with Gasteiger partial charge in [-0.1, -0.05) is 0 Å². The molecule has 1 aliphatic heterocycles. The summed E-state index contributed by atoms with van der Waals surface area (Å²) in [7, 11) is 0. The van der Waals surface area contributed by atoms with E-state index in [2.05, 4.69) is 0 Å². The van der Waals surface area contributed by atoms with Gasteiger partial charge in [-0.05, 0) is 18.6 Å². The summed E-state index contributed by atoms with van der Waals surface area (Å²) in [5.41, 5.74) is 6.17. The molecule has 90 valence electrons.